The van der Waals surface area contributed by atoms with Crippen molar-refractivity contribution in [3.05, 3.63) is 42.5 Å². The topological polar surface area (TPSA) is 75.6 Å². The number of carbonyl (C=O) groups is 2. The molecule has 1 atom stereocenters. The first-order valence-electron chi connectivity index (χ1n) is 5.82. The summed E-state index contributed by atoms with van der Waals surface area (Å²) in [4.78, 5) is 22.6. The van der Waals surface area contributed by atoms with Gasteiger partial charge in [-0.15, -0.1) is 6.58 Å². The van der Waals surface area contributed by atoms with Crippen molar-refractivity contribution in [1.29, 1.82) is 0 Å². The van der Waals surface area contributed by atoms with E-state index in [1.54, 1.807) is 31.4 Å². The molecule has 5 nitrogen and oxygen atoms in total. The number of carboxylic acids is 1. The number of amides is 1. The van der Waals surface area contributed by atoms with Gasteiger partial charge in [-0.3, -0.25) is 4.79 Å². The number of carbonyl (C=O) groups excluding carboxylic acids is 1. The Morgan fingerprint density at radius 2 is 2.26 bits per heavy atom. The molecule has 1 unspecified atom stereocenters. The van der Waals surface area contributed by atoms with Crippen LogP contribution >= 0.6 is 0 Å². The van der Waals surface area contributed by atoms with Gasteiger partial charge in [-0.1, -0.05) is 18.2 Å². The molecule has 0 saturated heterocycles. The Morgan fingerprint density at radius 1 is 1.53 bits per heavy atom. The number of aliphatic carboxylic acids is 1. The fourth-order valence-electron chi connectivity index (χ4n) is 1.60. The highest BCUT2D eigenvalue weighted by molar-refractivity contribution is 5.85. The predicted molar refractivity (Wildman–Crippen MR) is 71.1 cm³/mol. The standard InChI is InChI=1S/C14H17NO4/c1-3-5-12(14(17)18)15-13(16)9-10-6-4-7-11(8-10)19-2/h3-4,6-8,12H,1,5,9H2,2H3,(H,15,16)(H,17,18). The minimum absolute atomic E-state index is 0.109. The zero-order chi connectivity index (χ0) is 14.3. The lowest BCUT2D eigenvalue weighted by Crippen LogP contribution is -2.41. The van der Waals surface area contributed by atoms with Crippen molar-refractivity contribution < 1.29 is 19.4 Å². The lowest BCUT2D eigenvalue weighted by Gasteiger charge is -2.12. The summed E-state index contributed by atoms with van der Waals surface area (Å²) in [5.41, 5.74) is 0.764. The second kappa shape index (κ2) is 7.20. The number of benzene rings is 1. The molecule has 1 rings (SSSR count). The highest BCUT2D eigenvalue weighted by Crippen LogP contribution is 2.12. The third kappa shape index (κ3) is 4.83. The van der Waals surface area contributed by atoms with Gasteiger partial charge in [0.2, 0.25) is 5.91 Å². The van der Waals surface area contributed by atoms with Gasteiger partial charge < -0.3 is 15.2 Å². The molecule has 0 aromatic heterocycles. The maximum atomic E-state index is 11.8. The van der Waals surface area contributed by atoms with Gasteiger partial charge in [0, 0.05) is 0 Å². The molecule has 1 aromatic carbocycles. The Hall–Kier alpha value is -2.30. The van der Waals surface area contributed by atoms with Crippen LogP contribution in [-0.4, -0.2) is 30.1 Å². The summed E-state index contributed by atoms with van der Waals surface area (Å²) >= 11 is 0. The van der Waals surface area contributed by atoms with Crippen LogP contribution in [0.5, 0.6) is 5.75 Å². The number of hydrogen-bond donors (Lipinski definition) is 2. The van der Waals surface area contributed by atoms with Crippen molar-refractivity contribution >= 4 is 11.9 Å². The Labute approximate surface area is 111 Å². The van der Waals surface area contributed by atoms with E-state index in [0.29, 0.717) is 5.75 Å². The van der Waals surface area contributed by atoms with E-state index in [0.717, 1.165) is 5.56 Å². The molecule has 2 N–H and O–H groups in total. The van der Waals surface area contributed by atoms with Gasteiger partial charge in [0.1, 0.15) is 11.8 Å². The number of hydrogen-bond acceptors (Lipinski definition) is 3. The van der Waals surface area contributed by atoms with Crippen molar-refractivity contribution in [2.45, 2.75) is 18.9 Å². The minimum atomic E-state index is -1.07. The Balaban J connectivity index is 2.63. The lowest BCUT2D eigenvalue weighted by molar-refractivity contribution is -0.141. The average Bonchev–Trinajstić information content (AvgIpc) is 2.38. The first kappa shape index (κ1) is 14.8. The molecule has 5 heteroatoms. The number of methoxy groups -OCH3 is 1. The van der Waals surface area contributed by atoms with Crippen LogP contribution in [0, 0.1) is 0 Å². The van der Waals surface area contributed by atoms with E-state index < -0.39 is 12.0 Å². The molecule has 0 aliphatic carbocycles. The second-order valence-electron chi connectivity index (χ2n) is 4.01. The van der Waals surface area contributed by atoms with E-state index in [-0.39, 0.29) is 18.7 Å². The van der Waals surface area contributed by atoms with Crippen LogP contribution in [0.2, 0.25) is 0 Å². The smallest absolute Gasteiger partial charge is 0.326 e. The first-order chi connectivity index (χ1) is 9.06. The molecular weight excluding hydrogens is 246 g/mol. The van der Waals surface area contributed by atoms with Crippen LogP contribution in [0.25, 0.3) is 0 Å². The van der Waals surface area contributed by atoms with Crippen LogP contribution in [0.15, 0.2) is 36.9 Å². The first-order valence-corrected chi connectivity index (χ1v) is 5.82. The van der Waals surface area contributed by atoms with Gasteiger partial charge in [0.05, 0.1) is 13.5 Å². The number of rotatable bonds is 7. The normalized spacial score (nSPS) is 11.4. The summed E-state index contributed by atoms with van der Waals surface area (Å²) in [5.74, 6) is -0.757. The summed E-state index contributed by atoms with van der Waals surface area (Å²) in [5, 5.41) is 11.4. The molecular formula is C14H17NO4. The van der Waals surface area contributed by atoms with Crippen LogP contribution < -0.4 is 10.1 Å². The molecule has 0 saturated carbocycles. The SMILES string of the molecule is C=CCC(NC(=O)Cc1cccc(OC)c1)C(=O)O. The summed E-state index contributed by atoms with van der Waals surface area (Å²) in [6.07, 6.45) is 1.77. The molecule has 0 heterocycles. The van der Waals surface area contributed by atoms with Crippen LogP contribution in [-0.2, 0) is 16.0 Å². The monoisotopic (exact) mass is 263 g/mol. The zero-order valence-corrected chi connectivity index (χ0v) is 10.8. The van der Waals surface area contributed by atoms with Gasteiger partial charge in [0.15, 0.2) is 0 Å². The van der Waals surface area contributed by atoms with Crippen LogP contribution in [0.3, 0.4) is 0 Å². The quantitative estimate of drug-likeness (QED) is 0.729. The number of ether oxygens (including phenoxy) is 1. The third-order valence-electron chi connectivity index (χ3n) is 2.53. The molecule has 0 aliphatic heterocycles. The van der Waals surface area contributed by atoms with Crippen molar-refractivity contribution in [1.82, 2.24) is 5.32 Å². The van der Waals surface area contributed by atoms with Gasteiger partial charge in [-0.2, -0.15) is 0 Å². The molecule has 1 aromatic rings. The third-order valence-corrected chi connectivity index (χ3v) is 2.53. The largest absolute Gasteiger partial charge is 0.497 e. The maximum absolute atomic E-state index is 11.8. The van der Waals surface area contributed by atoms with Crippen LogP contribution in [0.1, 0.15) is 12.0 Å². The molecule has 1 amide bonds. The summed E-state index contributed by atoms with van der Waals surface area (Å²) in [6, 6.07) is 6.14. The molecule has 19 heavy (non-hydrogen) atoms. The van der Waals surface area contributed by atoms with E-state index >= 15 is 0 Å². The predicted octanol–water partition coefficient (Wildman–Crippen LogP) is 1.38. The summed E-state index contributed by atoms with van der Waals surface area (Å²) < 4.78 is 5.06. The summed E-state index contributed by atoms with van der Waals surface area (Å²) in [7, 11) is 1.55. The fourth-order valence-corrected chi connectivity index (χ4v) is 1.60. The maximum Gasteiger partial charge on any atom is 0.326 e. The fraction of sp³-hybridized carbons (Fsp3) is 0.286. The summed E-state index contributed by atoms with van der Waals surface area (Å²) in [6.45, 7) is 3.47. The van der Waals surface area contributed by atoms with Gasteiger partial charge in [-0.05, 0) is 24.1 Å². The van der Waals surface area contributed by atoms with Gasteiger partial charge >= 0.3 is 5.97 Å². The molecule has 0 aliphatic rings. The van der Waals surface area contributed by atoms with Crippen molar-refractivity contribution in [2.24, 2.45) is 0 Å². The Bertz CT molecular complexity index is 470. The van der Waals surface area contributed by atoms with E-state index in [2.05, 4.69) is 11.9 Å². The van der Waals surface area contributed by atoms with Crippen molar-refractivity contribution in [2.75, 3.05) is 7.11 Å². The molecule has 0 fully saturated rings. The molecule has 102 valence electrons. The second-order valence-corrected chi connectivity index (χ2v) is 4.01. The highest BCUT2D eigenvalue weighted by atomic mass is 16.5. The zero-order valence-electron chi connectivity index (χ0n) is 10.8. The van der Waals surface area contributed by atoms with Crippen LogP contribution in [0.4, 0.5) is 0 Å². The van der Waals surface area contributed by atoms with Crippen molar-refractivity contribution in [3.8, 4) is 5.75 Å². The van der Waals surface area contributed by atoms with E-state index in [1.165, 1.54) is 6.08 Å². The van der Waals surface area contributed by atoms with Crippen molar-refractivity contribution in [3.63, 3.8) is 0 Å². The highest BCUT2D eigenvalue weighted by Gasteiger charge is 2.18. The van der Waals surface area contributed by atoms with Gasteiger partial charge in [-0.25, -0.2) is 4.79 Å². The molecule has 0 radical (unpaired) electrons. The Morgan fingerprint density at radius 3 is 2.84 bits per heavy atom. The average molecular weight is 263 g/mol. The van der Waals surface area contributed by atoms with E-state index in [9.17, 15) is 9.59 Å². The van der Waals surface area contributed by atoms with E-state index in [4.69, 9.17) is 9.84 Å². The minimum Gasteiger partial charge on any atom is -0.497 e. The number of carboxylic acid groups (broad SMARTS) is 1. The van der Waals surface area contributed by atoms with E-state index in [1.807, 2.05) is 0 Å². The number of nitrogens with one attached hydrogen (secondary N) is 1. The lowest BCUT2D eigenvalue weighted by atomic mass is 10.1. The molecule has 0 bridgehead atoms. The Kier molecular flexibility index (Phi) is 5.60. The molecule has 0 spiro atoms. The van der Waals surface area contributed by atoms with Gasteiger partial charge in [0.25, 0.3) is 0 Å².